The van der Waals surface area contributed by atoms with Gasteiger partial charge in [-0.25, -0.2) is 0 Å². The summed E-state index contributed by atoms with van der Waals surface area (Å²) in [6, 6.07) is 4.22. The standard InChI is InChI=1S/C12H20N2OS/c1-8-6-7-10(16-8)9(2)14(5)11(15)12(3,4)13/h6-7,9H,13H2,1-5H3. The molecule has 4 heteroatoms. The lowest BCUT2D eigenvalue weighted by molar-refractivity contribution is -0.136. The maximum absolute atomic E-state index is 12.0. The Bertz CT molecular complexity index is 379. The summed E-state index contributed by atoms with van der Waals surface area (Å²) in [6.07, 6.45) is 0. The molecule has 0 fully saturated rings. The van der Waals surface area contributed by atoms with Crippen LogP contribution in [0.15, 0.2) is 12.1 Å². The lowest BCUT2D eigenvalue weighted by atomic mass is 10.0. The summed E-state index contributed by atoms with van der Waals surface area (Å²) in [5.74, 6) is -0.0361. The molecule has 0 aromatic carbocycles. The number of rotatable bonds is 3. The van der Waals surface area contributed by atoms with Crippen molar-refractivity contribution in [3.8, 4) is 0 Å². The van der Waals surface area contributed by atoms with E-state index in [2.05, 4.69) is 19.1 Å². The van der Waals surface area contributed by atoms with E-state index >= 15 is 0 Å². The van der Waals surface area contributed by atoms with Crippen LogP contribution in [-0.2, 0) is 4.79 Å². The molecule has 0 saturated carbocycles. The Balaban J connectivity index is 2.82. The van der Waals surface area contributed by atoms with Gasteiger partial charge in [-0.3, -0.25) is 4.79 Å². The Labute approximate surface area is 101 Å². The van der Waals surface area contributed by atoms with Crippen molar-refractivity contribution < 1.29 is 4.79 Å². The lowest BCUT2D eigenvalue weighted by Crippen LogP contribution is -2.50. The van der Waals surface area contributed by atoms with Gasteiger partial charge in [0.15, 0.2) is 0 Å². The van der Waals surface area contributed by atoms with E-state index < -0.39 is 5.54 Å². The number of thiophene rings is 1. The fraction of sp³-hybridized carbons (Fsp3) is 0.583. The minimum atomic E-state index is -0.810. The third-order valence-electron chi connectivity index (χ3n) is 2.63. The van der Waals surface area contributed by atoms with Crippen LogP contribution in [0.3, 0.4) is 0 Å². The van der Waals surface area contributed by atoms with Crippen molar-refractivity contribution in [2.45, 2.75) is 39.3 Å². The predicted molar refractivity (Wildman–Crippen MR) is 68.5 cm³/mol. The van der Waals surface area contributed by atoms with E-state index in [1.165, 1.54) is 9.75 Å². The quantitative estimate of drug-likeness (QED) is 0.881. The molecule has 1 atom stereocenters. The first-order valence-electron chi connectivity index (χ1n) is 5.36. The van der Waals surface area contributed by atoms with Crippen molar-refractivity contribution in [3.05, 3.63) is 21.9 Å². The summed E-state index contributed by atoms with van der Waals surface area (Å²) in [5, 5.41) is 0. The molecule has 1 amide bonds. The van der Waals surface area contributed by atoms with Gasteiger partial charge in [0, 0.05) is 16.8 Å². The maximum Gasteiger partial charge on any atom is 0.242 e. The van der Waals surface area contributed by atoms with Crippen molar-refractivity contribution in [1.82, 2.24) is 4.90 Å². The van der Waals surface area contributed by atoms with E-state index in [1.54, 1.807) is 37.1 Å². The Morgan fingerprint density at radius 2 is 2.06 bits per heavy atom. The van der Waals surface area contributed by atoms with Crippen LogP contribution in [0.4, 0.5) is 0 Å². The van der Waals surface area contributed by atoms with Crippen molar-refractivity contribution in [2.24, 2.45) is 5.73 Å². The molecule has 0 bridgehead atoms. The summed E-state index contributed by atoms with van der Waals surface area (Å²) in [7, 11) is 1.80. The minimum absolute atomic E-state index is 0.0361. The van der Waals surface area contributed by atoms with Gasteiger partial charge in [0.2, 0.25) is 5.91 Å². The van der Waals surface area contributed by atoms with Crippen LogP contribution < -0.4 is 5.73 Å². The fourth-order valence-corrected chi connectivity index (χ4v) is 2.47. The average Bonchev–Trinajstić information content (AvgIpc) is 2.60. The van der Waals surface area contributed by atoms with Crippen molar-refractivity contribution >= 4 is 17.2 Å². The summed E-state index contributed by atoms with van der Waals surface area (Å²) in [5.41, 5.74) is 5.00. The summed E-state index contributed by atoms with van der Waals surface area (Å²) in [6.45, 7) is 7.56. The number of hydrogen-bond acceptors (Lipinski definition) is 3. The molecular weight excluding hydrogens is 220 g/mol. The number of carbonyl (C=O) groups is 1. The molecule has 1 aromatic rings. The zero-order valence-electron chi connectivity index (χ0n) is 10.6. The van der Waals surface area contributed by atoms with Crippen LogP contribution in [0, 0.1) is 6.92 Å². The normalized spacial score (nSPS) is 13.6. The molecule has 1 aromatic heterocycles. The first kappa shape index (κ1) is 13.2. The van der Waals surface area contributed by atoms with Gasteiger partial charge >= 0.3 is 0 Å². The number of nitrogens with two attached hydrogens (primary N) is 1. The SMILES string of the molecule is Cc1ccc(C(C)N(C)C(=O)C(C)(C)N)s1. The van der Waals surface area contributed by atoms with Gasteiger partial charge in [-0.05, 0) is 39.8 Å². The highest BCUT2D eigenvalue weighted by Crippen LogP contribution is 2.27. The first-order valence-corrected chi connectivity index (χ1v) is 6.17. The van der Waals surface area contributed by atoms with Gasteiger partial charge in [0.05, 0.1) is 11.6 Å². The van der Waals surface area contributed by atoms with Gasteiger partial charge < -0.3 is 10.6 Å². The smallest absolute Gasteiger partial charge is 0.242 e. The largest absolute Gasteiger partial charge is 0.337 e. The van der Waals surface area contributed by atoms with Crippen LogP contribution in [-0.4, -0.2) is 23.4 Å². The number of hydrogen-bond donors (Lipinski definition) is 1. The molecule has 0 aliphatic heterocycles. The molecule has 1 unspecified atom stereocenters. The zero-order chi connectivity index (χ0) is 12.5. The molecular formula is C12H20N2OS. The van der Waals surface area contributed by atoms with E-state index in [0.717, 1.165) is 0 Å². The van der Waals surface area contributed by atoms with Crippen LogP contribution in [0.5, 0.6) is 0 Å². The molecule has 1 rings (SSSR count). The lowest BCUT2D eigenvalue weighted by Gasteiger charge is -2.30. The summed E-state index contributed by atoms with van der Waals surface area (Å²) < 4.78 is 0. The van der Waals surface area contributed by atoms with Gasteiger partial charge in [-0.1, -0.05) is 0 Å². The third kappa shape index (κ3) is 2.83. The van der Waals surface area contributed by atoms with Crippen LogP contribution >= 0.6 is 11.3 Å². The second-order valence-corrected chi connectivity index (χ2v) is 6.08. The highest BCUT2D eigenvalue weighted by atomic mass is 32.1. The van der Waals surface area contributed by atoms with Crippen molar-refractivity contribution in [3.63, 3.8) is 0 Å². The molecule has 16 heavy (non-hydrogen) atoms. The first-order chi connectivity index (χ1) is 7.23. The minimum Gasteiger partial charge on any atom is -0.337 e. The van der Waals surface area contributed by atoms with E-state index in [-0.39, 0.29) is 11.9 Å². The monoisotopic (exact) mass is 240 g/mol. The second-order valence-electron chi connectivity index (χ2n) is 4.76. The number of likely N-dealkylation sites (N-methyl/N-ethyl adjacent to an activating group) is 1. The van der Waals surface area contributed by atoms with E-state index in [1.807, 2.05) is 6.92 Å². The molecule has 0 aliphatic rings. The maximum atomic E-state index is 12.0. The number of amides is 1. The van der Waals surface area contributed by atoms with Gasteiger partial charge in [-0.15, -0.1) is 11.3 Å². The molecule has 0 spiro atoms. The Morgan fingerprint density at radius 1 is 1.50 bits per heavy atom. The molecule has 0 aliphatic carbocycles. The van der Waals surface area contributed by atoms with E-state index in [0.29, 0.717) is 0 Å². The molecule has 2 N–H and O–H groups in total. The van der Waals surface area contributed by atoms with E-state index in [9.17, 15) is 4.79 Å². The topological polar surface area (TPSA) is 46.3 Å². The van der Waals surface area contributed by atoms with E-state index in [4.69, 9.17) is 5.73 Å². The Hall–Kier alpha value is -0.870. The second kappa shape index (κ2) is 4.55. The Kier molecular flexibility index (Phi) is 3.76. The van der Waals surface area contributed by atoms with Crippen LogP contribution in [0.25, 0.3) is 0 Å². The molecule has 1 heterocycles. The highest BCUT2D eigenvalue weighted by Gasteiger charge is 2.29. The number of aryl methyl sites for hydroxylation is 1. The Morgan fingerprint density at radius 3 is 2.44 bits per heavy atom. The summed E-state index contributed by atoms with van der Waals surface area (Å²) in [4.78, 5) is 16.2. The summed E-state index contributed by atoms with van der Waals surface area (Å²) >= 11 is 1.72. The van der Waals surface area contributed by atoms with Gasteiger partial charge in [-0.2, -0.15) is 0 Å². The predicted octanol–water partition coefficient (Wildman–Crippen LogP) is 2.31. The number of carbonyl (C=O) groups excluding carboxylic acids is 1. The molecule has 0 radical (unpaired) electrons. The molecule has 90 valence electrons. The highest BCUT2D eigenvalue weighted by molar-refractivity contribution is 7.12. The van der Waals surface area contributed by atoms with Gasteiger partial charge in [0.25, 0.3) is 0 Å². The fourth-order valence-electron chi connectivity index (χ4n) is 1.50. The van der Waals surface area contributed by atoms with Crippen LogP contribution in [0.2, 0.25) is 0 Å². The zero-order valence-corrected chi connectivity index (χ0v) is 11.4. The number of nitrogens with zero attached hydrogens (tertiary/aromatic N) is 1. The third-order valence-corrected chi connectivity index (χ3v) is 3.80. The van der Waals surface area contributed by atoms with Gasteiger partial charge in [0.1, 0.15) is 0 Å². The van der Waals surface area contributed by atoms with Crippen LogP contribution in [0.1, 0.15) is 36.6 Å². The van der Waals surface area contributed by atoms with Crippen molar-refractivity contribution in [1.29, 1.82) is 0 Å². The average molecular weight is 240 g/mol. The molecule has 0 saturated heterocycles. The molecule has 3 nitrogen and oxygen atoms in total. The van der Waals surface area contributed by atoms with Crippen molar-refractivity contribution in [2.75, 3.05) is 7.05 Å².